The second kappa shape index (κ2) is 5.80. The highest BCUT2D eigenvalue weighted by Crippen LogP contribution is 2.19. The number of likely N-dealkylation sites (tertiary alicyclic amines) is 1. The first-order valence-corrected chi connectivity index (χ1v) is 6.91. The normalized spacial score (nSPS) is 28.7. The molecule has 0 radical (unpaired) electrons. The maximum Gasteiger partial charge on any atom is 0.246 e. The summed E-state index contributed by atoms with van der Waals surface area (Å²) in [6, 6.07) is 0.246. The van der Waals surface area contributed by atoms with Crippen LogP contribution in [0.15, 0.2) is 0 Å². The van der Waals surface area contributed by atoms with Gasteiger partial charge in [-0.3, -0.25) is 19.4 Å². The molecule has 2 unspecified atom stereocenters. The Morgan fingerprint density at radius 3 is 2.72 bits per heavy atom. The number of likely N-dealkylation sites (N-methyl/N-ethyl adjacent to an activating group) is 1. The van der Waals surface area contributed by atoms with Crippen LogP contribution in [0.25, 0.3) is 0 Å². The lowest BCUT2D eigenvalue weighted by atomic mass is 10.1. The lowest BCUT2D eigenvalue weighted by Crippen LogP contribution is -2.47. The Morgan fingerprint density at radius 1 is 1.44 bits per heavy atom. The van der Waals surface area contributed by atoms with E-state index in [9.17, 15) is 9.59 Å². The molecule has 2 amide bonds. The predicted molar refractivity (Wildman–Crippen MR) is 69.1 cm³/mol. The van der Waals surface area contributed by atoms with Gasteiger partial charge in [-0.05, 0) is 32.4 Å². The minimum Gasteiger partial charge on any atom is -0.313 e. The SMILES string of the molecule is CCCN(CC1CCCN1)C1CC(=O)N(C)C1=O. The maximum atomic E-state index is 12.0. The number of nitrogens with zero attached hydrogens (tertiary/aromatic N) is 2. The molecule has 2 heterocycles. The van der Waals surface area contributed by atoms with Crippen LogP contribution in [0.5, 0.6) is 0 Å². The van der Waals surface area contributed by atoms with Crippen molar-refractivity contribution in [2.45, 2.75) is 44.7 Å². The molecular weight excluding hydrogens is 230 g/mol. The standard InChI is InChI=1S/C13H23N3O2/c1-3-7-16(9-10-5-4-6-14-10)11-8-12(17)15(2)13(11)18/h10-11,14H,3-9H2,1-2H3. The van der Waals surface area contributed by atoms with Crippen molar-refractivity contribution in [3.05, 3.63) is 0 Å². The monoisotopic (exact) mass is 253 g/mol. The van der Waals surface area contributed by atoms with Crippen molar-refractivity contribution in [1.82, 2.24) is 15.1 Å². The third kappa shape index (κ3) is 2.72. The third-order valence-corrected chi connectivity index (χ3v) is 3.93. The number of rotatable bonds is 5. The molecule has 0 saturated carbocycles. The fourth-order valence-electron chi connectivity index (χ4n) is 2.88. The van der Waals surface area contributed by atoms with Crippen LogP contribution >= 0.6 is 0 Å². The molecule has 0 aromatic heterocycles. The van der Waals surface area contributed by atoms with E-state index in [1.165, 1.54) is 17.7 Å². The second-order valence-electron chi connectivity index (χ2n) is 5.30. The fraction of sp³-hybridized carbons (Fsp3) is 0.846. The summed E-state index contributed by atoms with van der Waals surface area (Å²) in [5, 5.41) is 3.45. The molecule has 0 bridgehead atoms. The summed E-state index contributed by atoms with van der Waals surface area (Å²) >= 11 is 0. The maximum absolute atomic E-state index is 12.0. The number of nitrogens with one attached hydrogen (secondary N) is 1. The van der Waals surface area contributed by atoms with Gasteiger partial charge in [-0.1, -0.05) is 6.92 Å². The molecule has 2 aliphatic heterocycles. The summed E-state index contributed by atoms with van der Waals surface area (Å²) in [6.45, 7) is 4.95. The van der Waals surface area contributed by atoms with Crippen LogP contribution in [0.1, 0.15) is 32.6 Å². The largest absolute Gasteiger partial charge is 0.313 e. The highest BCUT2D eigenvalue weighted by atomic mass is 16.2. The number of hydrogen-bond donors (Lipinski definition) is 1. The molecule has 2 aliphatic rings. The molecule has 0 aliphatic carbocycles. The zero-order valence-electron chi connectivity index (χ0n) is 11.3. The van der Waals surface area contributed by atoms with E-state index in [4.69, 9.17) is 0 Å². The van der Waals surface area contributed by atoms with Gasteiger partial charge in [-0.2, -0.15) is 0 Å². The first kappa shape index (κ1) is 13.5. The van der Waals surface area contributed by atoms with Gasteiger partial charge in [0.15, 0.2) is 0 Å². The Balaban J connectivity index is 2.00. The molecule has 0 spiro atoms. The van der Waals surface area contributed by atoms with Gasteiger partial charge >= 0.3 is 0 Å². The Kier molecular flexibility index (Phi) is 4.35. The molecule has 5 heteroatoms. The van der Waals surface area contributed by atoms with Gasteiger partial charge in [-0.25, -0.2) is 0 Å². The van der Waals surface area contributed by atoms with Crippen LogP contribution in [0.3, 0.4) is 0 Å². The molecule has 2 saturated heterocycles. The van der Waals surface area contributed by atoms with Crippen molar-refractivity contribution in [3.8, 4) is 0 Å². The lowest BCUT2D eigenvalue weighted by molar-refractivity contribution is -0.138. The highest BCUT2D eigenvalue weighted by molar-refractivity contribution is 6.05. The van der Waals surface area contributed by atoms with E-state index in [1.54, 1.807) is 7.05 Å². The van der Waals surface area contributed by atoms with E-state index in [2.05, 4.69) is 17.1 Å². The van der Waals surface area contributed by atoms with Crippen LogP contribution < -0.4 is 5.32 Å². The lowest BCUT2D eigenvalue weighted by Gasteiger charge is -2.29. The van der Waals surface area contributed by atoms with E-state index in [0.717, 1.165) is 26.1 Å². The quantitative estimate of drug-likeness (QED) is 0.712. The molecule has 0 aromatic carbocycles. The Labute approximate surface area is 108 Å². The Bertz CT molecular complexity index is 326. The first-order chi connectivity index (χ1) is 8.63. The van der Waals surface area contributed by atoms with Crippen molar-refractivity contribution in [2.75, 3.05) is 26.7 Å². The summed E-state index contributed by atoms with van der Waals surface area (Å²) in [4.78, 5) is 27.1. The van der Waals surface area contributed by atoms with Gasteiger partial charge in [-0.15, -0.1) is 0 Å². The number of hydrogen-bond acceptors (Lipinski definition) is 4. The molecule has 2 rings (SSSR count). The van der Waals surface area contributed by atoms with Crippen molar-refractivity contribution >= 4 is 11.8 Å². The predicted octanol–water partition coefficient (Wildman–Crippen LogP) is 0.208. The summed E-state index contributed by atoms with van der Waals surface area (Å²) in [6.07, 6.45) is 3.74. The molecule has 0 aromatic rings. The first-order valence-electron chi connectivity index (χ1n) is 6.91. The Morgan fingerprint density at radius 2 is 2.22 bits per heavy atom. The van der Waals surface area contributed by atoms with Gasteiger partial charge in [0.25, 0.3) is 0 Å². The summed E-state index contributed by atoms with van der Waals surface area (Å²) in [7, 11) is 1.59. The average Bonchev–Trinajstić information content (AvgIpc) is 2.93. The number of imide groups is 1. The number of amides is 2. The van der Waals surface area contributed by atoms with Gasteiger partial charge in [0.1, 0.15) is 0 Å². The highest BCUT2D eigenvalue weighted by Gasteiger charge is 2.40. The zero-order chi connectivity index (χ0) is 13.1. The van der Waals surface area contributed by atoms with Crippen molar-refractivity contribution in [1.29, 1.82) is 0 Å². The van der Waals surface area contributed by atoms with Crippen LogP contribution in [-0.4, -0.2) is 60.4 Å². The van der Waals surface area contributed by atoms with E-state index in [0.29, 0.717) is 12.5 Å². The molecule has 2 fully saturated rings. The van der Waals surface area contributed by atoms with Crippen molar-refractivity contribution in [3.63, 3.8) is 0 Å². The van der Waals surface area contributed by atoms with E-state index >= 15 is 0 Å². The summed E-state index contributed by atoms with van der Waals surface area (Å²) in [5.74, 6) is -0.0862. The number of carbonyl (C=O) groups excluding carboxylic acids is 2. The smallest absolute Gasteiger partial charge is 0.246 e. The van der Waals surface area contributed by atoms with Crippen LogP contribution in [-0.2, 0) is 9.59 Å². The summed E-state index contributed by atoms with van der Waals surface area (Å²) < 4.78 is 0. The van der Waals surface area contributed by atoms with Crippen LogP contribution in [0.4, 0.5) is 0 Å². The minimum atomic E-state index is -0.232. The molecule has 2 atom stereocenters. The average molecular weight is 253 g/mol. The summed E-state index contributed by atoms with van der Waals surface area (Å²) in [5.41, 5.74) is 0. The molecule has 5 nitrogen and oxygen atoms in total. The second-order valence-corrected chi connectivity index (χ2v) is 5.30. The molecule has 102 valence electrons. The van der Waals surface area contributed by atoms with Crippen molar-refractivity contribution < 1.29 is 9.59 Å². The zero-order valence-corrected chi connectivity index (χ0v) is 11.3. The van der Waals surface area contributed by atoms with Gasteiger partial charge < -0.3 is 5.32 Å². The minimum absolute atomic E-state index is 0.0357. The third-order valence-electron chi connectivity index (χ3n) is 3.93. The Hall–Kier alpha value is -0.940. The fourth-order valence-corrected chi connectivity index (χ4v) is 2.88. The topological polar surface area (TPSA) is 52.7 Å². The molecular formula is C13H23N3O2. The number of carbonyl (C=O) groups is 2. The van der Waals surface area contributed by atoms with E-state index in [-0.39, 0.29) is 17.9 Å². The van der Waals surface area contributed by atoms with Crippen LogP contribution in [0.2, 0.25) is 0 Å². The van der Waals surface area contributed by atoms with Gasteiger partial charge in [0.05, 0.1) is 12.5 Å². The van der Waals surface area contributed by atoms with E-state index < -0.39 is 0 Å². The van der Waals surface area contributed by atoms with Crippen LogP contribution in [0, 0.1) is 0 Å². The van der Waals surface area contributed by atoms with Crippen molar-refractivity contribution in [2.24, 2.45) is 0 Å². The molecule has 18 heavy (non-hydrogen) atoms. The van der Waals surface area contributed by atoms with E-state index in [1.807, 2.05) is 0 Å². The van der Waals surface area contributed by atoms with Gasteiger partial charge in [0, 0.05) is 19.6 Å². The van der Waals surface area contributed by atoms with Gasteiger partial charge in [0.2, 0.25) is 11.8 Å². The molecule has 1 N–H and O–H groups in total.